The molecule has 1 heterocycles. The lowest BCUT2D eigenvalue weighted by atomic mass is 10.1. The van der Waals surface area contributed by atoms with E-state index >= 15 is 0 Å². The summed E-state index contributed by atoms with van der Waals surface area (Å²) < 4.78 is 0. The number of pyridine rings is 1. The van der Waals surface area contributed by atoms with Crippen molar-refractivity contribution < 1.29 is 5.11 Å². The Hall–Kier alpha value is -2.08. The lowest BCUT2D eigenvalue weighted by molar-refractivity contribution is 0.472. The molecule has 0 unspecified atom stereocenters. The van der Waals surface area contributed by atoms with Crippen molar-refractivity contribution >= 4 is 10.9 Å². The third-order valence-electron chi connectivity index (χ3n) is 2.23. The molecule has 0 aliphatic heterocycles. The largest absolute Gasteiger partial charge is 0.508 e. The Morgan fingerprint density at radius 3 is 2.79 bits per heavy atom. The van der Waals surface area contributed by atoms with E-state index in [1.54, 1.807) is 24.3 Å². The summed E-state index contributed by atoms with van der Waals surface area (Å²) in [6, 6.07) is 8.72. The van der Waals surface area contributed by atoms with Gasteiger partial charge in [-0.25, -0.2) is 4.98 Å². The average Bonchev–Trinajstić information content (AvgIpc) is 2.23. The molecule has 0 radical (unpaired) electrons. The Morgan fingerprint density at radius 1 is 1.29 bits per heavy atom. The Kier molecular flexibility index (Phi) is 1.83. The zero-order valence-corrected chi connectivity index (χ0v) is 7.65. The summed E-state index contributed by atoms with van der Waals surface area (Å²) in [6.45, 7) is 1.82. The molecule has 3 nitrogen and oxygen atoms in total. The second-order valence-electron chi connectivity index (χ2n) is 3.08. The van der Waals surface area contributed by atoms with E-state index in [-0.39, 0.29) is 5.75 Å². The van der Waals surface area contributed by atoms with E-state index in [2.05, 4.69) is 4.98 Å². The van der Waals surface area contributed by atoms with Crippen LogP contribution in [0.15, 0.2) is 24.3 Å². The number of phenols is 1. The van der Waals surface area contributed by atoms with Crippen LogP contribution in [0.2, 0.25) is 0 Å². The monoisotopic (exact) mass is 184 g/mol. The van der Waals surface area contributed by atoms with Gasteiger partial charge in [0.25, 0.3) is 0 Å². The summed E-state index contributed by atoms with van der Waals surface area (Å²) in [5, 5.41) is 19.0. The van der Waals surface area contributed by atoms with Crippen LogP contribution in [0.5, 0.6) is 5.75 Å². The van der Waals surface area contributed by atoms with Crippen molar-refractivity contribution in [3.05, 3.63) is 35.5 Å². The molecular weight excluding hydrogens is 176 g/mol. The molecule has 2 rings (SSSR count). The molecule has 1 aromatic heterocycles. The minimum absolute atomic E-state index is 0.254. The molecule has 0 fully saturated rings. The first kappa shape index (κ1) is 8.52. The minimum Gasteiger partial charge on any atom is -0.508 e. The van der Waals surface area contributed by atoms with Crippen molar-refractivity contribution in [3.63, 3.8) is 0 Å². The number of rotatable bonds is 0. The van der Waals surface area contributed by atoms with E-state index in [1.165, 1.54) is 0 Å². The van der Waals surface area contributed by atoms with Crippen molar-refractivity contribution in [1.82, 2.24) is 4.98 Å². The van der Waals surface area contributed by atoms with Crippen LogP contribution in [0.1, 0.15) is 11.3 Å². The SMILES string of the molecule is Cc1c(O)ccc2nc(C#N)ccc12. The van der Waals surface area contributed by atoms with E-state index < -0.39 is 0 Å². The summed E-state index contributed by atoms with van der Waals surface area (Å²) >= 11 is 0. The summed E-state index contributed by atoms with van der Waals surface area (Å²) in [6.07, 6.45) is 0. The number of fused-ring (bicyclic) bond motifs is 1. The Balaban J connectivity index is 2.83. The molecule has 3 heteroatoms. The number of phenolic OH excluding ortho intramolecular Hbond substituents is 1. The molecule has 0 saturated heterocycles. The van der Waals surface area contributed by atoms with Crippen LogP contribution >= 0.6 is 0 Å². The van der Waals surface area contributed by atoms with Gasteiger partial charge in [-0.3, -0.25) is 0 Å². The molecule has 1 N–H and O–H groups in total. The van der Waals surface area contributed by atoms with Crippen molar-refractivity contribution in [2.45, 2.75) is 6.92 Å². The van der Waals surface area contributed by atoms with Crippen molar-refractivity contribution in [1.29, 1.82) is 5.26 Å². The fraction of sp³-hybridized carbons (Fsp3) is 0.0909. The predicted octanol–water partition coefficient (Wildman–Crippen LogP) is 2.12. The highest BCUT2D eigenvalue weighted by Gasteiger charge is 2.03. The molecule has 14 heavy (non-hydrogen) atoms. The molecule has 2 aromatic rings. The maximum absolute atomic E-state index is 9.45. The van der Waals surface area contributed by atoms with Crippen LogP contribution < -0.4 is 0 Å². The standard InChI is InChI=1S/C11H8N2O/c1-7-9-3-2-8(6-12)13-10(9)4-5-11(7)14/h2-5,14H,1H3. The van der Waals surface area contributed by atoms with E-state index in [9.17, 15) is 5.11 Å². The number of hydrogen-bond acceptors (Lipinski definition) is 3. The number of aromatic nitrogens is 1. The highest BCUT2D eigenvalue weighted by atomic mass is 16.3. The van der Waals surface area contributed by atoms with Crippen LogP contribution in [0.3, 0.4) is 0 Å². The van der Waals surface area contributed by atoms with E-state index in [4.69, 9.17) is 5.26 Å². The summed E-state index contributed by atoms with van der Waals surface area (Å²) in [5.41, 5.74) is 1.92. The van der Waals surface area contributed by atoms with Gasteiger partial charge in [0.15, 0.2) is 0 Å². The number of benzene rings is 1. The molecule has 68 valence electrons. The highest BCUT2D eigenvalue weighted by Crippen LogP contribution is 2.24. The van der Waals surface area contributed by atoms with Crippen molar-refractivity contribution in [2.24, 2.45) is 0 Å². The van der Waals surface area contributed by atoms with Gasteiger partial charge in [-0.05, 0) is 31.2 Å². The molecular formula is C11H8N2O. The molecule has 0 bridgehead atoms. The van der Waals surface area contributed by atoms with Crippen molar-refractivity contribution in [3.8, 4) is 11.8 Å². The van der Waals surface area contributed by atoms with E-state index in [0.717, 1.165) is 16.5 Å². The van der Waals surface area contributed by atoms with Gasteiger partial charge in [-0.1, -0.05) is 0 Å². The van der Waals surface area contributed by atoms with Gasteiger partial charge in [0, 0.05) is 10.9 Å². The molecule has 0 atom stereocenters. The van der Waals surface area contributed by atoms with Gasteiger partial charge in [0.05, 0.1) is 5.52 Å². The Labute approximate surface area is 81.2 Å². The fourth-order valence-corrected chi connectivity index (χ4v) is 1.40. The molecule has 0 aliphatic rings. The maximum atomic E-state index is 9.45. The third kappa shape index (κ3) is 1.17. The normalized spacial score (nSPS) is 10.0. The summed E-state index contributed by atoms with van der Waals surface area (Å²) in [7, 11) is 0. The van der Waals surface area contributed by atoms with Gasteiger partial charge >= 0.3 is 0 Å². The quantitative estimate of drug-likeness (QED) is 0.682. The van der Waals surface area contributed by atoms with Gasteiger partial charge in [0.2, 0.25) is 0 Å². The second-order valence-corrected chi connectivity index (χ2v) is 3.08. The van der Waals surface area contributed by atoms with Gasteiger partial charge in [0.1, 0.15) is 17.5 Å². The zero-order valence-electron chi connectivity index (χ0n) is 7.65. The lowest BCUT2D eigenvalue weighted by Gasteiger charge is -2.03. The van der Waals surface area contributed by atoms with Gasteiger partial charge < -0.3 is 5.11 Å². The first-order valence-electron chi connectivity index (χ1n) is 4.22. The van der Waals surface area contributed by atoms with Crippen molar-refractivity contribution in [2.75, 3.05) is 0 Å². The van der Waals surface area contributed by atoms with Gasteiger partial charge in [-0.2, -0.15) is 5.26 Å². The first-order valence-corrected chi connectivity index (χ1v) is 4.22. The number of nitrogens with zero attached hydrogens (tertiary/aromatic N) is 2. The van der Waals surface area contributed by atoms with Gasteiger partial charge in [-0.15, -0.1) is 0 Å². The second kappa shape index (κ2) is 3.00. The van der Waals surface area contributed by atoms with Crippen LogP contribution in [-0.2, 0) is 0 Å². The smallest absolute Gasteiger partial charge is 0.141 e. The predicted molar refractivity (Wildman–Crippen MR) is 52.9 cm³/mol. The fourth-order valence-electron chi connectivity index (χ4n) is 1.40. The van der Waals surface area contributed by atoms with Crippen LogP contribution in [0.4, 0.5) is 0 Å². The molecule has 1 aromatic carbocycles. The topological polar surface area (TPSA) is 56.9 Å². The van der Waals surface area contributed by atoms with E-state index in [1.807, 2.05) is 13.0 Å². The van der Waals surface area contributed by atoms with Crippen LogP contribution in [0, 0.1) is 18.3 Å². The lowest BCUT2D eigenvalue weighted by Crippen LogP contribution is -1.86. The molecule has 0 saturated carbocycles. The average molecular weight is 184 g/mol. The van der Waals surface area contributed by atoms with E-state index in [0.29, 0.717) is 5.69 Å². The Morgan fingerprint density at radius 2 is 2.07 bits per heavy atom. The summed E-state index contributed by atoms with van der Waals surface area (Å²) in [4.78, 5) is 4.12. The summed E-state index contributed by atoms with van der Waals surface area (Å²) in [5.74, 6) is 0.254. The van der Waals surface area contributed by atoms with Crippen LogP contribution in [-0.4, -0.2) is 10.1 Å². The Bertz CT molecular complexity index is 541. The number of aryl methyl sites for hydroxylation is 1. The first-order chi connectivity index (χ1) is 6.72. The van der Waals surface area contributed by atoms with Crippen LogP contribution in [0.25, 0.3) is 10.9 Å². The number of hydrogen-bond donors (Lipinski definition) is 1. The minimum atomic E-state index is 0.254. The zero-order chi connectivity index (χ0) is 10.1. The molecule has 0 spiro atoms. The maximum Gasteiger partial charge on any atom is 0.141 e. The molecule has 0 aliphatic carbocycles. The highest BCUT2D eigenvalue weighted by molar-refractivity contribution is 5.84. The number of aromatic hydroxyl groups is 1. The number of nitriles is 1. The third-order valence-corrected chi connectivity index (χ3v) is 2.23. The molecule has 0 amide bonds.